The lowest BCUT2D eigenvalue weighted by atomic mass is 9.91. The second-order valence-corrected chi connectivity index (χ2v) is 6.78. The highest BCUT2D eigenvalue weighted by atomic mass is 16.5. The predicted octanol–water partition coefficient (Wildman–Crippen LogP) is 3.52. The van der Waals surface area contributed by atoms with Crippen molar-refractivity contribution in [2.75, 3.05) is 14.2 Å². The largest absolute Gasteiger partial charge is 0.493 e. The summed E-state index contributed by atoms with van der Waals surface area (Å²) in [7, 11) is 3.19. The minimum atomic E-state index is -0.335. The Labute approximate surface area is 171 Å². The first-order valence-corrected chi connectivity index (χ1v) is 9.68. The van der Waals surface area contributed by atoms with Crippen LogP contribution in [0.5, 0.6) is 11.5 Å². The molecule has 0 aliphatic carbocycles. The SMILES string of the molecule is CCC(C(=O)NCc1ccccc1)c1cnc(CN)c2cc(OC)c(OC)cc12. The lowest BCUT2D eigenvalue weighted by Crippen LogP contribution is -2.29. The van der Waals surface area contributed by atoms with E-state index < -0.39 is 0 Å². The highest BCUT2D eigenvalue weighted by Crippen LogP contribution is 2.37. The minimum absolute atomic E-state index is 0.0327. The van der Waals surface area contributed by atoms with Crippen molar-refractivity contribution in [3.05, 3.63) is 65.5 Å². The number of amides is 1. The van der Waals surface area contributed by atoms with Crippen LogP contribution in [0.25, 0.3) is 10.8 Å². The standard InChI is InChI=1S/C23H27N3O3/c1-4-16(23(27)26-13-15-8-6-5-7-9-15)19-14-25-20(12-24)18-11-22(29-3)21(28-2)10-17(18)19/h5-11,14,16H,4,12-13,24H2,1-3H3,(H,26,27). The van der Waals surface area contributed by atoms with Crippen molar-refractivity contribution < 1.29 is 14.3 Å². The summed E-state index contributed by atoms with van der Waals surface area (Å²) in [5.41, 5.74) is 8.56. The number of nitrogens with one attached hydrogen (secondary N) is 1. The molecular weight excluding hydrogens is 366 g/mol. The number of benzene rings is 2. The quantitative estimate of drug-likeness (QED) is 0.611. The molecule has 0 radical (unpaired) electrons. The molecule has 0 aliphatic heterocycles. The van der Waals surface area contributed by atoms with Crippen LogP contribution in [0.4, 0.5) is 0 Å². The fraction of sp³-hybridized carbons (Fsp3) is 0.304. The van der Waals surface area contributed by atoms with Gasteiger partial charge in [-0.2, -0.15) is 0 Å². The first-order valence-electron chi connectivity index (χ1n) is 9.68. The van der Waals surface area contributed by atoms with Crippen LogP contribution in [0, 0.1) is 0 Å². The van der Waals surface area contributed by atoms with Gasteiger partial charge >= 0.3 is 0 Å². The van der Waals surface area contributed by atoms with Crippen molar-refractivity contribution >= 4 is 16.7 Å². The summed E-state index contributed by atoms with van der Waals surface area (Å²) in [5.74, 6) is 0.846. The van der Waals surface area contributed by atoms with E-state index in [-0.39, 0.29) is 11.8 Å². The molecule has 6 heteroatoms. The van der Waals surface area contributed by atoms with E-state index in [0.717, 1.165) is 27.6 Å². The van der Waals surface area contributed by atoms with E-state index in [4.69, 9.17) is 15.2 Å². The molecule has 1 unspecified atom stereocenters. The number of hydrogen-bond donors (Lipinski definition) is 2. The molecular formula is C23H27N3O3. The van der Waals surface area contributed by atoms with E-state index in [0.29, 0.717) is 31.0 Å². The van der Waals surface area contributed by atoms with Gasteiger partial charge in [0.25, 0.3) is 0 Å². The van der Waals surface area contributed by atoms with E-state index >= 15 is 0 Å². The van der Waals surface area contributed by atoms with Crippen molar-refractivity contribution in [1.29, 1.82) is 0 Å². The van der Waals surface area contributed by atoms with Gasteiger partial charge in [0, 0.05) is 24.7 Å². The number of methoxy groups -OCH3 is 2. The van der Waals surface area contributed by atoms with Crippen LogP contribution in [-0.2, 0) is 17.9 Å². The third-order valence-electron chi connectivity index (χ3n) is 5.11. The topological polar surface area (TPSA) is 86.5 Å². The first kappa shape index (κ1) is 20.6. The molecule has 3 aromatic rings. The molecule has 2 aromatic carbocycles. The zero-order valence-corrected chi connectivity index (χ0v) is 17.1. The number of aromatic nitrogens is 1. The smallest absolute Gasteiger partial charge is 0.227 e. The number of carbonyl (C=O) groups excluding carboxylic acids is 1. The number of nitrogens with two attached hydrogens (primary N) is 1. The van der Waals surface area contributed by atoms with Crippen LogP contribution in [0.1, 0.15) is 36.1 Å². The maximum atomic E-state index is 13.0. The van der Waals surface area contributed by atoms with Gasteiger partial charge in [-0.25, -0.2) is 0 Å². The number of hydrogen-bond acceptors (Lipinski definition) is 5. The van der Waals surface area contributed by atoms with Crippen LogP contribution < -0.4 is 20.5 Å². The van der Waals surface area contributed by atoms with E-state index in [9.17, 15) is 4.79 Å². The molecule has 1 atom stereocenters. The van der Waals surface area contributed by atoms with Crippen LogP contribution in [0.15, 0.2) is 48.7 Å². The highest BCUT2D eigenvalue weighted by molar-refractivity contribution is 5.95. The Morgan fingerprint density at radius 2 is 1.76 bits per heavy atom. The molecule has 6 nitrogen and oxygen atoms in total. The van der Waals surface area contributed by atoms with Gasteiger partial charge < -0.3 is 20.5 Å². The number of fused-ring (bicyclic) bond motifs is 1. The number of rotatable bonds is 8. The second kappa shape index (κ2) is 9.39. The average molecular weight is 393 g/mol. The van der Waals surface area contributed by atoms with Gasteiger partial charge in [-0.3, -0.25) is 9.78 Å². The number of pyridine rings is 1. The summed E-state index contributed by atoms with van der Waals surface area (Å²) in [6, 6.07) is 13.6. The van der Waals surface area contributed by atoms with Crippen molar-refractivity contribution in [3.8, 4) is 11.5 Å². The van der Waals surface area contributed by atoms with Gasteiger partial charge in [0.15, 0.2) is 11.5 Å². The Morgan fingerprint density at radius 3 is 2.34 bits per heavy atom. The van der Waals surface area contributed by atoms with E-state index in [2.05, 4.69) is 10.3 Å². The monoisotopic (exact) mass is 393 g/mol. The Kier molecular flexibility index (Phi) is 6.67. The maximum absolute atomic E-state index is 13.0. The van der Waals surface area contributed by atoms with E-state index in [1.54, 1.807) is 20.4 Å². The van der Waals surface area contributed by atoms with Crippen LogP contribution in [-0.4, -0.2) is 25.1 Å². The lowest BCUT2D eigenvalue weighted by Gasteiger charge is -2.19. The Balaban J connectivity index is 2.00. The molecule has 1 amide bonds. The van der Waals surface area contributed by atoms with Gasteiger partial charge in [-0.05, 0) is 35.1 Å². The highest BCUT2D eigenvalue weighted by Gasteiger charge is 2.23. The fourth-order valence-corrected chi connectivity index (χ4v) is 3.54. The zero-order chi connectivity index (χ0) is 20.8. The third-order valence-corrected chi connectivity index (χ3v) is 5.11. The molecule has 1 heterocycles. The van der Waals surface area contributed by atoms with Gasteiger partial charge in [0.2, 0.25) is 5.91 Å². The summed E-state index contributed by atoms with van der Waals surface area (Å²) in [5, 5.41) is 4.82. The molecule has 3 N–H and O–H groups in total. The molecule has 0 saturated heterocycles. The molecule has 0 aliphatic rings. The van der Waals surface area contributed by atoms with Crippen molar-refractivity contribution in [2.24, 2.45) is 5.73 Å². The average Bonchev–Trinajstić information content (AvgIpc) is 2.77. The van der Waals surface area contributed by atoms with Gasteiger partial charge in [0.05, 0.1) is 25.8 Å². The summed E-state index contributed by atoms with van der Waals surface area (Å²) >= 11 is 0. The number of ether oxygens (including phenoxy) is 2. The molecule has 152 valence electrons. The summed E-state index contributed by atoms with van der Waals surface area (Å²) < 4.78 is 10.9. The van der Waals surface area contributed by atoms with E-state index in [1.165, 1.54) is 0 Å². The molecule has 0 saturated carbocycles. The minimum Gasteiger partial charge on any atom is -0.493 e. The van der Waals surface area contributed by atoms with Crippen molar-refractivity contribution in [2.45, 2.75) is 32.4 Å². The van der Waals surface area contributed by atoms with Gasteiger partial charge in [-0.1, -0.05) is 37.3 Å². The Morgan fingerprint density at radius 1 is 1.10 bits per heavy atom. The van der Waals surface area contributed by atoms with Gasteiger partial charge in [0.1, 0.15) is 0 Å². The number of nitrogens with zero attached hydrogens (tertiary/aromatic N) is 1. The molecule has 0 spiro atoms. The maximum Gasteiger partial charge on any atom is 0.227 e. The van der Waals surface area contributed by atoms with Crippen LogP contribution in [0.2, 0.25) is 0 Å². The molecule has 0 fully saturated rings. The second-order valence-electron chi connectivity index (χ2n) is 6.78. The fourth-order valence-electron chi connectivity index (χ4n) is 3.54. The van der Waals surface area contributed by atoms with E-state index in [1.807, 2.05) is 49.4 Å². The zero-order valence-electron chi connectivity index (χ0n) is 17.1. The summed E-state index contributed by atoms with van der Waals surface area (Å²) in [6.07, 6.45) is 2.40. The lowest BCUT2D eigenvalue weighted by molar-refractivity contribution is -0.122. The normalized spacial score (nSPS) is 11.9. The van der Waals surface area contributed by atoms with Crippen LogP contribution >= 0.6 is 0 Å². The molecule has 29 heavy (non-hydrogen) atoms. The summed E-state index contributed by atoms with van der Waals surface area (Å²) in [6.45, 7) is 2.78. The Bertz CT molecular complexity index is 990. The third kappa shape index (κ3) is 4.32. The van der Waals surface area contributed by atoms with Crippen molar-refractivity contribution in [3.63, 3.8) is 0 Å². The molecule has 3 rings (SSSR count). The van der Waals surface area contributed by atoms with Crippen molar-refractivity contribution in [1.82, 2.24) is 10.3 Å². The molecule has 1 aromatic heterocycles. The Hall–Kier alpha value is -3.12. The van der Waals surface area contributed by atoms with Crippen LogP contribution in [0.3, 0.4) is 0 Å². The first-order chi connectivity index (χ1) is 14.1. The summed E-state index contributed by atoms with van der Waals surface area (Å²) in [4.78, 5) is 17.5. The number of carbonyl (C=O) groups is 1. The van der Waals surface area contributed by atoms with Gasteiger partial charge in [-0.15, -0.1) is 0 Å². The predicted molar refractivity (Wildman–Crippen MR) is 114 cm³/mol. The molecule has 0 bridgehead atoms.